The Kier molecular flexibility index (Phi) is 6.25. The molecular weight excluding hydrogens is 330 g/mol. The summed E-state index contributed by atoms with van der Waals surface area (Å²) in [4.78, 5) is 37.5. The van der Waals surface area contributed by atoms with E-state index in [-0.39, 0.29) is 30.0 Å². The fourth-order valence-corrected chi connectivity index (χ4v) is 2.68. The maximum absolute atomic E-state index is 12.2. The van der Waals surface area contributed by atoms with E-state index < -0.39 is 12.0 Å². The molecule has 1 aromatic rings. The molecule has 1 atom stereocenters. The third-order valence-electron chi connectivity index (χ3n) is 3.51. The zero-order valence-electron chi connectivity index (χ0n) is 13.3. The Morgan fingerprint density at radius 1 is 1.38 bits per heavy atom. The predicted octanol–water partition coefficient (Wildman–Crippen LogP) is 0.455. The van der Waals surface area contributed by atoms with Crippen molar-refractivity contribution in [3.8, 4) is 0 Å². The van der Waals surface area contributed by atoms with E-state index in [2.05, 4.69) is 10.6 Å². The summed E-state index contributed by atoms with van der Waals surface area (Å²) >= 11 is 5.26. The van der Waals surface area contributed by atoms with E-state index in [1.165, 1.54) is 0 Å². The third kappa shape index (κ3) is 4.51. The first kappa shape index (κ1) is 17.9. The normalized spacial score (nSPS) is 17.0. The molecule has 0 aromatic heterocycles. The minimum absolute atomic E-state index is 0.119. The van der Waals surface area contributed by atoms with Crippen molar-refractivity contribution >= 4 is 35.1 Å². The number of amides is 2. The standard InChI is InChI=1S/C16H19N3O4S/c1-2-23-13(20)10-12-15(22)17-8-9-19(12)16(24)18-14(21)11-6-4-3-5-7-11/h3-7,12H,2,8-10H2,1H3,(H,17,22)(H,18,21,24). The van der Waals surface area contributed by atoms with E-state index in [0.717, 1.165) is 0 Å². The summed E-state index contributed by atoms with van der Waals surface area (Å²) in [5.41, 5.74) is 0.461. The smallest absolute Gasteiger partial charge is 0.308 e. The highest BCUT2D eigenvalue weighted by atomic mass is 32.1. The van der Waals surface area contributed by atoms with Crippen LogP contribution in [0.2, 0.25) is 0 Å². The highest BCUT2D eigenvalue weighted by Gasteiger charge is 2.34. The quantitative estimate of drug-likeness (QED) is 0.606. The maximum atomic E-state index is 12.2. The molecule has 0 aliphatic carbocycles. The minimum Gasteiger partial charge on any atom is -0.466 e. The van der Waals surface area contributed by atoms with Crippen LogP contribution >= 0.6 is 12.2 Å². The average Bonchev–Trinajstić information content (AvgIpc) is 2.57. The molecule has 2 amide bonds. The molecule has 1 aliphatic rings. The van der Waals surface area contributed by atoms with Crippen molar-refractivity contribution in [3.63, 3.8) is 0 Å². The van der Waals surface area contributed by atoms with Crippen LogP contribution in [0.3, 0.4) is 0 Å². The van der Waals surface area contributed by atoms with Crippen molar-refractivity contribution in [1.82, 2.24) is 15.5 Å². The first-order valence-corrected chi connectivity index (χ1v) is 8.04. The molecule has 0 radical (unpaired) electrons. The lowest BCUT2D eigenvalue weighted by Gasteiger charge is -2.36. The number of rotatable bonds is 4. The van der Waals surface area contributed by atoms with E-state index >= 15 is 0 Å². The molecule has 1 aromatic carbocycles. The van der Waals surface area contributed by atoms with Crippen LogP contribution in [-0.4, -0.2) is 53.5 Å². The molecule has 0 bridgehead atoms. The molecule has 7 nitrogen and oxygen atoms in total. The highest BCUT2D eigenvalue weighted by molar-refractivity contribution is 7.80. The number of esters is 1. The zero-order valence-corrected chi connectivity index (χ0v) is 14.1. The highest BCUT2D eigenvalue weighted by Crippen LogP contribution is 2.11. The number of ether oxygens (including phenoxy) is 1. The molecule has 24 heavy (non-hydrogen) atoms. The molecule has 1 heterocycles. The second-order valence-electron chi connectivity index (χ2n) is 5.13. The van der Waals surface area contributed by atoms with Crippen LogP contribution in [0.5, 0.6) is 0 Å². The lowest BCUT2D eigenvalue weighted by Crippen LogP contribution is -2.60. The number of carbonyl (C=O) groups excluding carboxylic acids is 3. The van der Waals surface area contributed by atoms with Gasteiger partial charge in [-0.25, -0.2) is 0 Å². The molecule has 0 spiro atoms. The molecule has 1 fully saturated rings. The minimum atomic E-state index is -0.790. The molecular formula is C16H19N3O4S. The molecule has 0 saturated carbocycles. The summed E-state index contributed by atoms with van der Waals surface area (Å²) < 4.78 is 4.90. The fourth-order valence-electron chi connectivity index (χ4n) is 2.37. The van der Waals surface area contributed by atoms with E-state index in [0.29, 0.717) is 18.7 Å². The van der Waals surface area contributed by atoms with E-state index in [4.69, 9.17) is 17.0 Å². The van der Waals surface area contributed by atoms with Crippen molar-refractivity contribution in [3.05, 3.63) is 35.9 Å². The third-order valence-corrected chi connectivity index (χ3v) is 3.85. The Morgan fingerprint density at radius 2 is 2.08 bits per heavy atom. The summed E-state index contributed by atoms with van der Waals surface area (Å²) in [5.74, 6) is -1.16. The van der Waals surface area contributed by atoms with E-state index in [9.17, 15) is 14.4 Å². The van der Waals surface area contributed by atoms with Gasteiger partial charge in [0.1, 0.15) is 6.04 Å². The number of benzene rings is 1. The van der Waals surface area contributed by atoms with Crippen LogP contribution in [0.1, 0.15) is 23.7 Å². The molecule has 1 unspecified atom stereocenters. The SMILES string of the molecule is CCOC(=O)CC1C(=O)NCCN1C(=S)NC(=O)c1ccccc1. The number of nitrogens with one attached hydrogen (secondary N) is 2. The fraction of sp³-hybridized carbons (Fsp3) is 0.375. The van der Waals surface area contributed by atoms with Gasteiger partial charge in [-0.15, -0.1) is 0 Å². The molecule has 1 saturated heterocycles. The van der Waals surface area contributed by atoms with Crippen LogP contribution in [0.15, 0.2) is 30.3 Å². The van der Waals surface area contributed by atoms with Crippen LogP contribution in [0, 0.1) is 0 Å². The molecule has 2 N–H and O–H groups in total. The van der Waals surface area contributed by atoms with Crippen molar-refractivity contribution < 1.29 is 19.1 Å². The Bertz CT molecular complexity index is 635. The topological polar surface area (TPSA) is 87.7 Å². The lowest BCUT2D eigenvalue weighted by molar-refractivity contribution is -0.147. The van der Waals surface area contributed by atoms with Crippen molar-refractivity contribution in [2.45, 2.75) is 19.4 Å². The average molecular weight is 349 g/mol. The zero-order chi connectivity index (χ0) is 17.5. The number of carbonyl (C=O) groups is 3. The van der Waals surface area contributed by atoms with Gasteiger partial charge in [-0.2, -0.15) is 0 Å². The Balaban J connectivity index is 2.05. The van der Waals surface area contributed by atoms with Crippen molar-refractivity contribution in [1.29, 1.82) is 0 Å². The molecule has 2 rings (SSSR count). The molecule has 128 valence electrons. The number of piperazine rings is 1. The van der Waals surface area contributed by atoms with Gasteiger partial charge in [-0.1, -0.05) is 18.2 Å². The van der Waals surface area contributed by atoms with Crippen LogP contribution < -0.4 is 10.6 Å². The Morgan fingerprint density at radius 3 is 2.75 bits per heavy atom. The van der Waals surface area contributed by atoms with Crippen molar-refractivity contribution in [2.24, 2.45) is 0 Å². The van der Waals surface area contributed by atoms with Gasteiger partial charge in [-0.05, 0) is 31.3 Å². The number of hydrogen-bond acceptors (Lipinski definition) is 5. The molecule has 1 aliphatic heterocycles. The second kappa shape index (κ2) is 8.39. The van der Waals surface area contributed by atoms with Gasteiger partial charge in [0.25, 0.3) is 5.91 Å². The predicted molar refractivity (Wildman–Crippen MR) is 91.3 cm³/mol. The number of thiocarbonyl (C=S) groups is 1. The van der Waals surface area contributed by atoms with Gasteiger partial charge in [-0.3, -0.25) is 19.7 Å². The van der Waals surface area contributed by atoms with Crippen LogP contribution in [0.25, 0.3) is 0 Å². The largest absolute Gasteiger partial charge is 0.466 e. The van der Waals surface area contributed by atoms with Gasteiger partial charge in [0.15, 0.2) is 5.11 Å². The van der Waals surface area contributed by atoms with Crippen LogP contribution in [0.4, 0.5) is 0 Å². The van der Waals surface area contributed by atoms with Crippen molar-refractivity contribution in [2.75, 3.05) is 19.7 Å². The molecule has 8 heteroatoms. The number of nitrogens with zero attached hydrogens (tertiary/aromatic N) is 1. The van der Waals surface area contributed by atoms with Gasteiger partial charge < -0.3 is 15.0 Å². The lowest BCUT2D eigenvalue weighted by atomic mass is 10.1. The summed E-state index contributed by atoms with van der Waals surface area (Å²) in [6, 6.07) is 7.83. The summed E-state index contributed by atoms with van der Waals surface area (Å²) in [5, 5.41) is 5.42. The monoisotopic (exact) mass is 349 g/mol. The summed E-state index contributed by atoms with van der Waals surface area (Å²) in [7, 11) is 0. The van der Waals surface area contributed by atoms with E-state index in [1.807, 2.05) is 0 Å². The number of hydrogen-bond donors (Lipinski definition) is 2. The summed E-state index contributed by atoms with van der Waals surface area (Å²) in [6.45, 7) is 2.73. The maximum Gasteiger partial charge on any atom is 0.308 e. The first-order valence-electron chi connectivity index (χ1n) is 7.63. The van der Waals surface area contributed by atoms with Gasteiger partial charge in [0, 0.05) is 18.7 Å². The van der Waals surface area contributed by atoms with Gasteiger partial charge in [0.05, 0.1) is 13.0 Å². The van der Waals surface area contributed by atoms with Gasteiger partial charge >= 0.3 is 5.97 Å². The second-order valence-corrected chi connectivity index (χ2v) is 5.52. The first-order chi connectivity index (χ1) is 11.5. The Labute approximate surface area is 145 Å². The van der Waals surface area contributed by atoms with Crippen LogP contribution in [-0.2, 0) is 14.3 Å². The van der Waals surface area contributed by atoms with Gasteiger partial charge in [0.2, 0.25) is 5.91 Å². The summed E-state index contributed by atoms with van der Waals surface area (Å²) in [6.07, 6.45) is -0.124. The Hall–Kier alpha value is -2.48. The van der Waals surface area contributed by atoms with E-state index in [1.54, 1.807) is 42.2 Å².